The van der Waals surface area contributed by atoms with Crippen molar-refractivity contribution in [3.63, 3.8) is 0 Å². The van der Waals surface area contributed by atoms with Gasteiger partial charge in [0.1, 0.15) is 17.4 Å². The lowest BCUT2D eigenvalue weighted by Crippen LogP contribution is -2.24. The number of amides is 1. The summed E-state index contributed by atoms with van der Waals surface area (Å²) in [6, 6.07) is 7.86. The second-order valence-corrected chi connectivity index (χ2v) is 6.37. The summed E-state index contributed by atoms with van der Waals surface area (Å²) in [7, 11) is 1.57. The van der Waals surface area contributed by atoms with Crippen LogP contribution in [0.15, 0.2) is 41.2 Å². The maximum Gasteiger partial charge on any atom is 0.267 e. The molecule has 3 aromatic rings. The molecule has 0 radical (unpaired) electrons. The molecular formula is C21H20FN3O4. The number of carbonyl (C=O) groups excluding carboxylic acids is 1. The highest BCUT2D eigenvalue weighted by Crippen LogP contribution is 2.23. The number of carbonyl (C=O) groups is 1. The molecule has 2 aromatic carbocycles. The number of hydrogen-bond donors (Lipinski definition) is 2. The molecule has 2 N–H and O–H groups in total. The Hall–Kier alpha value is -3.52. The van der Waals surface area contributed by atoms with Gasteiger partial charge in [0.05, 0.1) is 23.7 Å². The Morgan fingerprint density at radius 2 is 2.10 bits per heavy atom. The van der Waals surface area contributed by atoms with E-state index in [9.17, 15) is 14.0 Å². The summed E-state index contributed by atoms with van der Waals surface area (Å²) < 4.78 is 21.1. The minimum Gasteiger partial charge on any atom is -0.497 e. The van der Waals surface area contributed by atoms with Gasteiger partial charge in [-0.2, -0.15) is 0 Å². The molecule has 1 amide bonds. The van der Waals surface area contributed by atoms with Gasteiger partial charge in [-0.25, -0.2) is 14.9 Å². The number of methoxy groups -OCH3 is 1. The number of benzene rings is 2. The highest BCUT2D eigenvalue weighted by molar-refractivity contribution is 5.91. The number of aromatic nitrogens is 2. The third-order valence-corrected chi connectivity index (χ3v) is 4.54. The van der Waals surface area contributed by atoms with Crippen LogP contribution in [0, 0.1) is 12.7 Å². The van der Waals surface area contributed by atoms with Gasteiger partial charge in [0, 0.05) is 24.1 Å². The van der Waals surface area contributed by atoms with Gasteiger partial charge in [0.15, 0.2) is 0 Å². The topological polar surface area (TPSA) is 93.5 Å². The molecule has 0 atom stereocenters. The van der Waals surface area contributed by atoms with Crippen LogP contribution in [-0.2, 0) is 11.2 Å². The van der Waals surface area contributed by atoms with Crippen LogP contribution < -0.4 is 15.8 Å². The number of nitrogens with one attached hydrogen (secondary N) is 1. The molecular weight excluding hydrogens is 377 g/mol. The number of halogens is 1. The Labute approximate surface area is 166 Å². The SMILES string of the molecule is CCc1nc2cc(F)c(/C=C/C(=O)NO)cc2c(=O)n1-c1ccc(OC)cc1C. The Balaban J connectivity index is 2.27. The number of hydroxylamine groups is 1. The van der Waals surface area contributed by atoms with E-state index in [4.69, 9.17) is 9.94 Å². The fourth-order valence-electron chi connectivity index (χ4n) is 3.09. The molecule has 1 heterocycles. The number of ether oxygens (including phenoxy) is 1. The molecule has 0 saturated heterocycles. The van der Waals surface area contributed by atoms with Crippen LogP contribution in [0.5, 0.6) is 5.75 Å². The van der Waals surface area contributed by atoms with Crippen molar-refractivity contribution < 1.29 is 19.1 Å². The monoisotopic (exact) mass is 397 g/mol. The van der Waals surface area contributed by atoms with E-state index in [2.05, 4.69) is 4.98 Å². The van der Waals surface area contributed by atoms with Crippen LogP contribution in [0.1, 0.15) is 23.9 Å². The Morgan fingerprint density at radius 1 is 1.34 bits per heavy atom. The molecule has 150 valence electrons. The lowest BCUT2D eigenvalue weighted by Gasteiger charge is -2.16. The van der Waals surface area contributed by atoms with Crippen molar-refractivity contribution in [1.29, 1.82) is 0 Å². The van der Waals surface area contributed by atoms with Gasteiger partial charge in [0.25, 0.3) is 11.5 Å². The van der Waals surface area contributed by atoms with Gasteiger partial charge in [-0.15, -0.1) is 0 Å². The summed E-state index contributed by atoms with van der Waals surface area (Å²) in [5, 5.41) is 8.78. The van der Waals surface area contributed by atoms with E-state index in [1.807, 2.05) is 19.9 Å². The van der Waals surface area contributed by atoms with Crippen molar-refractivity contribution in [2.75, 3.05) is 7.11 Å². The average molecular weight is 397 g/mol. The zero-order valence-electron chi connectivity index (χ0n) is 16.2. The number of aryl methyl sites for hydroxylation is 2. The highest BCUT2D eigenvalue weighted by Gasteiger charge is 2.16. The van der Waals surface area contributed by atoms with E-state index in [1.54, 1.807) is 19.2 Å². The fraction of sp³-hybridized carbons (Fsp3) is 0.190. The van der Waals surface area contributed by atoms with E-state index < -0.39 is 11.7 Å². The summed E-state index contributed by atoms with van der Waals surface area (Å²) in [6.07, 6.45) is 2.61. The molecule has 1 aromatic heterocycles. The highest BCUT2D eigenvalue weighted by atomic mass is 19.1. The largest absolute Gasteiger partial charge is 0.497 e. The van der Waals surface area contributed by atoms with Crippen LogP contribution in [0.25, 0.3) is 22.7 Å². The first kappa shape index (κ1) is 20.2. The molecule has 3 rings (SSSR count). The summed E-state index contributed by atoms with van der Waals surface area (Å²) >= 11 is 0. The van der Waals surface area contributed by atoms with Crippen LogP contribution in [0.4, 0.5) is 4.39 Å². The lowest BCUT2D eigenvalue weighted by molar-refractivity contribution is -0.124. The molecule has 0 fully saturated rings. The number of hydrogen-bond acceptors (Lipinski definition) is 5. The summed E-state index contributed by atoms with van der Waals surface area (Å²) in [6.45, 7) is 3.73. The zero-order valence-corrected chi connectivity index (χ0v) is 16.2. The molecule has 29 heavy (non-hydrogen) atoms. The maximum absolute atomic E-state index is 14.4. The first-order valence-corrected chi connectivity index (χ1v) is 8.92. The molecule has 0 aliphatic rings. The quantitative estimate of drug-likeness (QED) is 0.392. The second-order valence-electron chi connectivity index (χ2n) is 6.37. The summed E-state index contributed by atoms with van der Waals surface area (Å²) in [5.41, 5.74) is 2.82. The molecule has 0 unspecified atom stereocenters. The van der Waals surface area contributed by atoms with E-state index in [0.717, 1.165) is 17.7 Å². The standard InChI is InChI=1S/C21H20FN3O4/c1-4-19-23-17-11-16(22)13(5-8-20(26)24-28)10-15(17)21(27)25(19)18-7-6-14(29-3)9-12(18)2/h5-11,28H,4H2,1-3H3,(H,24,26)/b8-5+. The average Bonchev–Trinajstić information content (AvgIpc) is 2.72. The maximum atomic E-state index is 14.4. The van der Waals surface area contributed by atoms with Crippen molar-refractivity contribution >= 4 is 22.9 Å². The number of rotatable bonds is 5. The Kier molecular flexibility index (Phi) is 5.74. The van der Waals surface area contributed by atoms with Gasteiger partial charge in [-0.1, -0.05) is 6.92 Å². The molecule has 0 bridgehead atoms. The van der Waals surface area contributed by atoms with Gasteiger partial charge in [-0.3, -0.25) is 19.4 Å². The minimum absolute atomic E-state index is 0.0299. The van der Waals surface area contributed by atoms with Gasteiger partial charge >= 0.3 is 0 Å². The van der Waals surface area contributed by atoms with Gasteiger partial charge in [0.2, 0.25) is 0 Å². The third-order valence-electron chi connectivity index (χ3n) is 4.54. The fourth-order valence-corrected chi connectivity index (χ4v) is 3.09. The van der Waals surface area contributed by atoms with Crippen molar-refractivity contribution in [3.8, 4) is 11.4 Å². The predicted molar refractivity (Wildman–Crippen MR) is 107 cm³/mol. The minimum atomic E-state index is -0.810. The normalized spacial score (nSPS) is 11.2. The molecule has 0 aliphatic heterocycles. The van der Waals surface area contributed by atoms with Gasteiger partial charge in [-0.05, 0) is 42.8 Å². The van der Waals surface area contributed by atoms with Crippen LogP contribution in [-0.4, -0.2) is 27.8 Å². The lowest BCUT2D eigenvalue weighted by atomic mass is 10.1. The molecule has 0 spiro atoms. The Bertz CT molecular complexity index is 1180. The van der Waals surface area contributed by atoms with Crippen molar-refractivity contribution in [2.45, 2.75) is 20.3 Å². The first-order chi connectivity index (χ1) is 13.9. The van der Waals surface area contributed by atoms with E-state index in [-0.39, 0.29) is 22.0 Å². The molecule has 0 saturated carbocycles. The van der Waals surface area contributed by atoms with Crippen LogP contribution >= 0.6 is 0 Å². The van der Waals surface area contributed by atoms with Gasteiger partial charge < -0.3 is 4.74 Å². The smallest absolute Gasteiger partial charge is 0.267 e. The third kappa shape index (κ3) is 3.88. The number of nitrogens with zero attached hydrogens (tertiary/aromatic N) is 2. The molecule has 8 heteroatoms. The van der Waals surface area contributed by atoms with Crippen molar-refractivity contribution in [2.24, 2.45) is 0 Å². The van der Waals surface area contributed by atoms with E-state index in [1.165, 1.54) is 22.2 Å². The van der Waals surface area contributed by atoms with Crippen molar-refractivity contribution in [1.82, 2.24) is 15.0 Å². The Morgan fingerprint density at radius 3 is 2.72 bits per heavy atom. The second kappa shape index (κ2) is 8.24. The van der Waals surface area contributed by atoms with Crippen LogP contribution in [0.2, 0.25) is 0 Å². The molecule has 0 aliphatic carbocycles. The predicted octanol–water partition coefficient (Wildman–Crippen LogP) is 2.92. The van der Waals surface area contributed by atoms with E-state index >= 15 is 0 Å². The van der Waals surface area contributed by atoms with Crippen LogP contribution in [0.3, 0.4) is 0 Å². The zero-order chi connectivity index (χ0) is 21.1. The number of fused-ring (bicyclic) bond motifs is 1. The summed E-state index contributed by atoms with van der Waals surface area (Å²) in [5.74, 6) is -0.275. The van der Waals surface area contributed by atoms with Crippen molar-refractivity contribution in [3.05, 3.63) is 69.5 Å². The van der Waals surface area contributed by atoms with E-state index in [0.29, 0.717) is 23.7 Å². The summed E-state index contributed by atoms with van der Waals surface area (Å²) in [4.78, 5) is 29.0. The molecule has 7 nitrogen and oxygen atoms in total. The first-order valence-electron chi connectivity index (χ1n) is 8.92.